The van der Waals surface area contributed by atoms with Crippen molar-refractivity contribution in [2.75, 3.05) is 18.2 Å². The van der Waals surface area contributed by atoms with Crippen molar-refractivity contribution in [2.24, 2.45) is 0 Å². The van der Waals surface area contributed by atoms with E-state index in [-0.39, 0.29) is 16.8 Å². The lowest BCUT2D eigenvalue weighted by molar-refractivity contribution is -0.114. The van der Waals surface area contributed by atoms with E-state index in [4.69, 9.17) is 0 Å². The average molecular weight is 267 g/mol. The van der Waals surface area contributed by atoms with Gasteiger partial charge in [0.1, 0.15) is 0 Å². The van der Waals surface area contributed by atoms with E-state index in [9.17, 15) is 14.4 Å². The van der Waals surface area contributed by atoms with Gasteiger partial charge in [-0.25, -0.2) is 4.79 Å². The van der Waals surface area contributed by atoms with Gasteiger partial charge < -0.3 is 10.1 Å². The Morgan fingerprint density at radius 1 is 1.22 bits per heavy atom. The first-order valence-electron chi connectivity index (χ1n) is 5.14. The molecule has 1 amide bonds. The molecule has 0 bridgehead atoms. The minimum Gasteiger partial charge on any atom is -0.465 e. The number of benzene rings is 1. The van der Waals surface area contributed by atoms with Crippen molar-refractivity contribution in [1.29, 1.82) is 0 Å². The lowest BCUT2D eigenvalue weighted by Crippen LogP contribution is -2.15. The van der Waals surface area contributed by atoms with Crippen LogP contribution in [0.2, 0.25) is 0 Å². The van der Waals surface area contributed by atoms with Crippen LogP contribution in [0.4, 0.5) is 5.69 Å². The Morgan fingerprint density at radius 3 is 2.33 bits per heavy atom. The molecule has 0 saturated carbocycles. The molecule has 1 N–H and O–H groups in total. The van der Waals surface area contributed by atoms with Gasteiger partial charge in [-0.15, -0.1) is 0 Å². The van der Waals surface area contributed by atoms with Gasteiger partial charge in [0.15, 0.2) is 5.12 Å². The summed E-state index contributed by atoms with van der Waals surface area (Å²) < 4.78 is 4.56. The van der Waals surface area contributed by atoms with Gasteiger partial charge in [-0.05, 0) is 24.3 Å². The van der Waals surface area contributed by atoms with Gasteiger partial charge in [-0.1, -0.05) is 11.8 Å². The van der Waals surface area contributed by atoms with Gasteiger partial charge in [0, 0.05) is 12.6 Å². The highest BCUT2D eigenvalue weighted by atomic mass is 32.2. The predicted molar refractivity (Wildman–Crippen MR) is 69.6 cm³/mol. The number of nitrogens with one attached hydrogen (secondary N) is 1. The summed E-state index contributed by atoms with van der Waals surface area (Å²) >= 11 is 0.945. The molecule has 0 aliphatic carbocycles. The van der Waals surface area contributed by atoms with Gasteiger partial charge in [0.05, 0.1) is 18.4 Å². The van der Waals surface area contributed by atoms with E-state index < -0.39 is 5.97 Å². The van der Waals surface area contributed by atoms with E-state index in [1.54, 1.807) is 24.3 Å². The van der Waals surface area contributed by atoms with Crippen LogP contribution in [0.3, 0.4) is 0 Å². The molecule has 0 unspecified atom stereocenters. The number of methoxy groups -OCH3 is 1. The molecule has 18 heavy (non-hydrogen) atoms. The first kappa shape index (κ1) is 14.2. The molecule has 5 nitrogen and oxygen atoms in total. The maximum Gasteiger partial charge on any atom is 0.337 e. The Kier molecular flexibility index (Phi) is 5.38. The Labute approximate surface area is 109 Å². The standard InChI is InChI=1S/C12H13NO4S/c1-8(14)18-7-11(15)13-10-5-3-9(4-6-10)12(16)17-2/h3-6H,7H2,1-2H3,(H,13,15). The molecule has 96 valence electrons. The zero-order chi connectivity index (χ0) is 13.5. The molecule has 0 heterocycles. The molecule has 0 saturated heterocycles. The number of thioether (sulfide) groups is 1. The molecule has 6 heteroatoms. The first-order valence-corrected chi connectivity index (χ1v) is 6.13. The number of hydrogen-bond donors (Lipinski definition) is 1. The summed E-state index contributed by atoms with van der Waals surface area (Å²) in [5, 5.41) is 2.51. The van der Waals surface area contributed by atoms with Crippen LogP contribution in [0.15, 0.2) is 24.3 Å². The second-order valence-electron chi connectivity index (χ2n) is 3.40. The highest BCUT2D eigenvalue weighted by Gasteiger charge is 2.07. The van der Waals surface area contributed by atoms with E-state index >= 15 is 0 Å². The minimum absolute atomic E-state index is 0.0775. The van der Waals surface area contributed by atoms with E-state index in [1.165, 1.54) is 14.0 Å². The first-order chi connectivity index (χ1) is 8.52. The van der Waals surface area contributed by atoms with Crippen LogP contribution in [0.1, 0.15) is 17.3 Å². The number of ether oxygens (including phenoxy) is 1. The van der Waals surface area contributed by atoms with Crippen molar-refractivity contribution in [2.45, 2.75) is 6.92 Å². The van der Waals surface area contributed by atoms with Crippen molar-refractivity contribution in [3.8, 4) is 0 Å². The zero-order valence-electron chi connectivity index (χ0n) is 10.1. The van der Waals surface area contributed by atoms with Crippen LogP contribution in [0, 0.1) is 0 Å². The zero-order valence-corrected chi connectivity index (χ0v) is 10.9. The molecule has 0 aliphatic rings. The maximum atomic E-state index is 11.4. The third kappa shape index (κ3) is 4.58. The maximum absolute atomic E-state index is 11.4. The van der Waals surface area contributed by atoms with Crippen LogP contribution in [0.25, 0.3) is 0 Å². The quantitative estimate of drug-likeness (QED) is 0.840. The number of hydrogen-bond acceptors (Lipinski definition) is 5. The van der Waals surface area contributed by atoms with Gasteiger partial charge in [-0.3, -0.25) is 9.59 Å². The number of carbonyl (C=O) groups is 3. The number of anilines is 1. The predicted octanol–water partition coefficient (Wildman–Crippen LogP) is 1.69. The minimum atomic E-state index is -0.431. The van der Waals surface area contributed by atoms with E-state index in [1.807, 2.05) is 0 Å². The van der Waals surface area contributed by atoms with Crippen LogP contribution in [-0.4, -0.2) is 29.9 Å². The highest BCUT2D eigenvalue weighted by molar-refractivity contribution is 8.14. The molecule has 0 atom stereocenters. The molecule has 0 radical (unpaired) electrons. The molecule has 1 aromatic rings. The Morgan fingerprint density at radius 2 is 1.83 bits per heavy atom. The molecule has 1 aromatic carbocycles. The lowest BCUT2D eigenvalue weighted by Gasteiger charge is -2.05. The summed E-state index contributed by atoms with van der Waals surface area (Å²) in [5.74, 6) is -0.616. The molecule has 0 spiro atoms. The Bertz CT molecular complexity index is 456. The fourth-order valence-corrected chi connectivity index (χ4v) is 1.58. The average Bonchev–Trinajstić information content (AvgIpc) is 2.36. The van der Waals surface area contributed by atoms with Crippen LogP contribution < -0.4 is 5.32 Å². The van der Waals surface area contributed by atoms with Crippen molar-refractivity contribution < 1.29 is 19.1 Å². The van der Waals surface area contributed by atoms with Crippen LogP contribution in [0.5, 0.6) is 0 Å². The van der Waals surface area contributed by atoms with Crippen LogP contribution in [-0.2, 0) is 14.3 Å². The van der Waals surface area contributed by atoms with Crippen LogP contribution >= 0.6 is 11.8 Å². The Hall–Kier alpha value is -1.82. The van der Waals surface area contributed by atoms with Crippen molar-refractivity contribution >= 4 is 34.4 Å². The lowest BCUT2D eigenvalue weighted by atomic mass is 10.2. The number of carbonyl (C=O) groups excluding carboxylic acids is 3. The van der Waals surface area contributed by atoms with E-state index in [0.29, 0.717) is 11.3 Å². The molecule has 1 rings (SSSR count). The molecule has 0 aromatic heterocycles. The second kappa shape index (κ2) is 6.80. The number of rotatable bonds is 4. The summed E-state index contributed by atoms with van der Waals surface area (Å²) in [4.78, 5) is 33.3. The Balaban J connectivity index is 2.55. The molecular weight excluding hydrogens is 254 g/mol. The molecule has 0 aliphatic heterocycles. The topological polar surface area (TPSA) is 72.5 Å². The third-order valence-electron chi connectivity index (χ3n) is 2.00. The molecular formula is C12H13NO4S. The SMILES string of the molecule is COC(=O)c1ccc(NC(=O)CSC(C)=O)cc1. The van der Waals surface area contributed by atoms with Gasteiger partial charge in [0.25, 0.3) is 0 Å². The summed E-state index contributed by atoms with van der Waals surface area (Å²) in [6.07, 6.45) is 0. The van der Waals surface area contributed by atoms with Crippen molar-refractivity contribution in [1.82, 2.24) is 0 Å². The normalized spacial score (nSPS) is 9.67. The summed E-state index contributed by atoms with van der Waals surface area (Å²) in [5.41, 5.74) is 0.977. The van der Waals surface area contributed by atoms with Gasteiger partial charge in [0.2, 0.25) is 5.91 Å². The second-order valence-corrected chi connectivity index (χ2v) is 4.55. The number of esters is 1. The highest BCUT2D eigenvalue weighted by Crippen LogP contribution is 2.11. The summed E-state index contributed by atoms with van der Waals surface area (Å²) in [7, 11) is 1.30. The largest absolute Gasteiger partial charge is 0.465 e. The third-order valence-corrected chi connectivity index (χ3v) is 2.81. The molecule has 0 fully saturated rings. The van der Waals surface area contributed by atoms with Crippen molar-refractivity contribution in [3.63, 3.8) is 0 Å². The summed E-state index contributed by atoms with van der Waals surface area (Å²) in [6, 6.07) is 6.31. The fraction of sp³-hybridized carbons (Fsp3) is 0.250. The summed E-state index contributed by atoms with van der Waals surface area (Å²) in [6.45, 7) is 1.41. The van der Waals surface area contributed by atoms with Gasteiger partial charge >= 0.3 is 5.97 Å². The number of amides is 1. The monoisotopic (exact) mass is 267 g/mol. The fourth-order valence-electron chi connectivity index (χ4n) is 1.17. The van der Waals surface area contributed by atoms with E-state index in [2.05, 4.69) is 10.1 Å². The van der Waals surface area contributed by atoms with Crippen molar-refractivity contribution in [3.05, 3.63) is 29.8 Å². The smallest absolute Gasteiger partial charge is 0.337 e. The van der Waals surface area contributed by atoms with E-state index in [0.717, 1.165) is 11.8 Å². The van der Waals surface area contributed by atoms with Gasteiger partial charge in [-0.2, -0.15) is 0 Å².